The first kappa shape index (κ1) is 20.0. The summed E-state index contributed by atoms with van der Waals surface area (Å²) < 4.78 is 43.5. The van der Waals surface area contributed by atoms with E-state index in [2.05, 4.69) is 15.8 Å². The van der Waals surface area contributed by atoms with E-state index in [0.29, 0.717) is 17.7 Å². The Morgan fingerprint density at radius 1 is 1.19 bits per heavy atom. The quantitative estimate of drug-likeness (QED) is 0.812. The summed E-state index contributed by atoms with van der Waals surface area (Å²) in [5.74, 6) is 0.141. The fraction of sp³-hybridized carbons (Fsp3) is 0.444. The van der Waals surface area contributed by atoms with Crippen LogP contribution in [0.5, 0.6) is 0 Å². The molecule has 0 fully saturated rings. The summed E-state index contributed by atoms with van der Waals surface area (Å²) in [6.45, 7) is 6.14. The van der Waals surface area contributed by atoms with Gasteiger partial charge < -0.3 is 15.2 Å². The maximum absolute atomic E-state index is 12.7. The average molecular weight is 369 g/mol. The molecule has 0 saturated carbocycles. The minimum atomic E-state index is -4.41. The van der Waals surface area contributed by atoms with Gasteiger partial charge >= 0.3 is 6.18 Å². The summed E-state index contributed by atoms with van der Waals surface area (Å²) in [6, 6.07) is 4.50. The van der Waals surface area contributed by atoms with Crippen molar-refractivity contribution in [2.45, 2.75) is 39.5 Å². The Balaban J connectivity index is 2.35. The fourth-order valence-electron chi connectivity index (χ4n) is 2.31. The van der Waals surface area contributed by atoms with Crippen molar-refractivity contribution in [1.29, 1.82) is 0 Å². The van der Waals surface area contributed by atoms with Crippen molar-refractivity contribution in [2.75, 3.05) is 7.05 Å². The van der Waals surface area contributed by atoms with E-state index in [1.165, 1.54) is 12.1 Å². The van der Waals surface area contributed by atoms with Gasteiger partial charge in [0.25, 0.3) is 5.91 Å². The van der Waals surface area contributed by atoms with Gasteiger partial charge in [0.15, 0.2) is 11.5 Å². The van der Waals surface area contributed by atoms with Crippen LogP contribution in [0.3, 0.4) is 0 Å². The Bertz CT molecular complexity index is 752. The smallest absolute Gasteiger partial charge is 0.355 e. The molecule has 2 rings (SSSR count). The first-order valence-electron chi connectivity index (χ1n) is 8.26. The molecule has 0 aliphatic carbocycles. The first-order chi connectivity index (χ1) is 12.1. The molecule has 0 aliphatic rings. The summed E-state index contributed by atoms with van der Waals surface area (Å²) in [4.78, 5) is 12.5. The Labute approximate surface area is 149 Å². The molecule has 142 valence electrons. The molecular weight excluding hydrogens is 347 g/mol. The van der Waals surface area contributed by atoms with Gasteiger partial charge in [-0.3, -0.25) is 4.79 Å². The van der Waals surface area contributed by atoms with Crippen molar-refractivity contribution in [1.82, 2.24) is 15.8 Å². The molecule has 0 bridgehead atoms. The van der Waals surface area contributed by atoms with Crippen LogP contribution in [0.1, 0.15) is 42.4 Å². The SMILES string of the molecule is CNCc1c(C(=O)NC(C)C(C)C)noc1-c1ccc(C(F)(F)F)cc1. The van der Waals surface area contributed by atoms with Crippen LogP contribution in [0.4, 0.5) is 13.2 Å². The zero-order chi connectivity index (χ0) is 19.5. The van der Waals surface area contributed by atoms with Gasteiger partial charge in [-0.2, -0.15) is 13.2 Å². The monoisotopic (exact) mass is 369 g/mol. The van der Waals surface area contributed by atoms with Crippen LogP contribution in [0.15, 0.2) is 28.8 Å². The third kappa shape index (κ3) is 4.43. The lowest BCUT2D eigenvalue weighted by Gasteiger charge is -2.16. The number of nitrogens with one attached hydrogen (secondary N) is 2. The molecule has 1 aromatic heterocycles. The highest BCUT2D eigenvalue weighted by Crippen LogP contribution is 2.32. The molecule has 1 aromatic carbocycles. The van der Waals surface area contributed by atoms with Gasteiger partial charge in [0.05, 0.1) is 5.56 Å². The number of amides is 1. The van der Waals surface area contributed by atoms with E-state index in [1.807, 2.05) is 20.8 Å². The number of benzene rings is 1. The van der Waals surface area contributed by atoms with Crippen LogP contribution in [-0.4, -0.2) is 24.2 Å². The standard InChI is InChI=1S/C18H22F3N3O2/c1-10(2)11(3)23-17(25)15-14(9-22-4)16(26-24-15)12-5-7-13(8-6-12)18(19,20)21/h5-8,10-11,22H,9H2,1-4H3,(H,23,25). The lowest BCUT2D eigenvalue weighted by atomic mass is 10.0. The van der Waals surface area contributed by atoms with Gasteiger partial charge in [0, 0.05) is 23.7 Å². The normalized spacial score (nSPS) is 13.1. The highest BCUT2D eigenvalue weighted by Gasteiger charge is 2.30. The van der Waals surface area contributed by atoms with E-state index in [0.717, 1.165) is 12.1 Å². The van der Waals surface area contributed by atoms with Crippen molar-refractivity contribution >= 4 is 5.91 Å². The van der Waals surface area contributed by atoms with Crippen molar-refractivity contribution in [3.63, 3.8) is 0 Å². The van der Waals surface area contributed by atoms with Crippen molar-refractivity contribution in [2.24, 2.45) is 5.92 Å². The number of hydrogen-bond acceptors (Lipinski definition) is 4. The van der Waals surface area contributed by atoms with Gasteiger partial charge in [-0.1, -0.05) is 31.1 Å². The number of nitrogens with zero attached hydrogens (tertiary/aromatic N) is 1. The largest absolute Gasteiger partial charge is 0.416 e. The Morgan fingerprint density at radius 2 is 1.81 bits per heavy atom. The van der Waals surface area contributed by atoms with Gasteiger partial charge in [-0.05, 0) is 32.0 Å². The fourth-order valence-corrected chi connectivity index (χ4v) is 2.31. The van der Waals surface area contributed by atoms with Crippen LogP contribution in [-0.2, 0) is 12.7 Å². The van der Waals surface area contributed by atoms with Gasteiger partial charge in [-0.25, -0.2) is 0 Å². The van der Waals surface area contributed by atoms with E-state index in [1.54, 1.807) is 7.05 Å². The van der Waals surface area contributed by atoms with Crippen LogP contribution in [0.25, 0.3) is 11.3 Å². The van der Waals surface area contributed by atoms with Crippen molar-refractivity contribution in [3.8, 4) is 11.3 Å². The molecular formula is C18H22F3N3O2. The van der Waals surface area contributed by atoms with Crippen molar-refractivity contribution in [3.05, 3.63) is 41.1 Å². The zero-order valence-electron chi connectivity index (χ0n) is 15.1. The lowest BCUT2D eigenvalue weighted by Crippen LogP contribution is -2.36. The lowest BCUT2D eigenvalue weighted by molar-refractivity contribution is -0.137. The van der Waals surface area contributed by atoms with E-state index >= 15 is 0 Å². The van der Waals surface area contributed by atoms with Gasteiger partial charge in [-0.15, -0.1) is 0 Å². The molecule has 0 aliphatic heterocycles. The summed E-state index contributed by atoms with van der Waals surface area (Å²) in [5, 5.41) is 9.62. The third-order valence-electron chi connectivity index (χ3n) is 4.19. The van der Waals surface area contributed by atoms with E-state index in [9.17, 15) is 18.0 Å². The predicted molar refractivity (Wildman–Crippen MR) is 91.5 cm³/mol. The van der Waals surface area contributed by atoms with E-state index in [-0.39, 0.29) is 29.3 Å². The second-order valence-electron chi connectivity index (χ2n) is 6.45. The summed E-state index contributed by atoms with van der Waals surface area (Å²) in [6.07, 6.45) is -4.41. The first-order valence-corrected chi connectivity index (χ1v) is 8.26. The number of aromatic nitrogens is 1. The molecule has 1 amide bonds. The average Bonchev–Trinajstić information content (AvgIpc) is 2.98. The number of hydrogen-bond donors (Lipinski definition) is 2. The predicted octanol–water partition coefficient (Wildman–Crippen LogP) is 3.85. The van der Waals surface area contributed by atoms with Gasteiger partial charge in [0.2, 0.25) is 0 Å². The molecule has 0 spiro atoms. The molecule has 1 atom stereocenters. The Morgan fingerprint density at radius 3 is 2.31 bits per heavy atom. The molecule has 0 radical (unpaired) electrons. The molecule has 0 saturated heterocycles. The molecule has 1 unspecified atom stereocenters. The van der Waals surface area contributed by atoms with E-state index < -0.39 is 11.7 Å². The van der Waals surface area contributed by atoms with E-state index in [4.69, 9.17) is 4.52 Å². The van der Waals surface area contributed by atoms with Crippen LogP contribution >= 0.6 is 0 Å². The second-order valence-corrected chi connectivity index (χ2v) is 6.45. The molecule has 8 heteroatoms. The van der Waals surface area contributed by atoms with Crippen LogP contribution in [0, 0.1) is 5.92 Å². The number of carbonyl (C=O) groups excluding carboxylic acids is 1. The molecule has 2 N–H and O–H groups in total. The highest BCUT2D eigenvalue weighted by atomic mass is 19.4. The Hall–Kier alpha value is -2.35. The molecule has 1 heterocycles. The van der Waals surface area contributed by atoms with Crippen molar-refractivity contribution < 1.29 is 22.5 Å². The maximum Gasteiger partial charge on any atom is 0.416 e. The molecule has 26 heavy (non-hydrogen) atoms. The molecule has 5 nitrogen and oxygen atoms in total. The third-order valence-corrected chi connectivity index (χ3v) is 4.19. The number of alkyl halides is 3. The zero-order valence-corrected chi connectivity index (χ0v) is 15.1. The van der Waals surface area contributed by atoms with Crippen LogP contribution in [0.2, 0.25) is 0 Å². The minimum Gasteiger partial charge on any atom is -0.355 e. The molecule has 2 aromatic rings. The Kier molecular flexibility index (Phi) is 6.07. The number of carbonyl (C=O) groups is 1. The summed E-state index contributed by atoms with van der Waals surface area (Å²) in [7, 11) is 1.70. The summed E-state index contributed by atoms with van der Waals surface area (Å²) in [5.41, 5.74) is 0.300. The minimum absolute atomic E-state index is 0.0591. The summed E-state index contributed by atoms with van der Waals surface area (Å²) >= 11 is 0. The number of halogens is 3. The van der Waals surface area contributed by atoms with Gasteiger partial charge in [0.1, 0.15) is 0 Å². The second kappa shape index (κ2) is 7.90. The van der Waals surface area contributed by atoms with Crippen LogP contribution < -0.4 is 10.6 Å². The number of rotatable bonds is 6. The topological polar surface area (TPSA) is 67.2 Å². The highest BCUT2D eigenvalue weighted by molar-refractivity contribution is 5.95. The maximum atomic E-state index is 12.7.